The maximum Gasteiger partial charge on any atom is 0.466 e. The van der Waals surface area contributed by atoms with Crippen molar-refractivity contribution in [2.24, 2.45) is 5.92 Å². The minimum atomic E-state index is -4.64. The first-order valence-electron chi connectivity index (χ1n) is 7.11. The van der Waals surface area contributed by atoms with Crippen molar-refractivity contribution in [3.63, 3.8) is 0 Å². The summed E-state index contributed by atoms with van der Waals surface area (Å²) in [5.74, 6) is 0.889. The Labute approximate surface area is 140 Å². The largest absolute Gasteiger partial charge is 0.466 e. The number of unbranched alkanes of at least 4 members (excludes halogenated alkanes) is 2. The predicted molar refractivity (Wildman–Crippen MR) is 84.2 cm³/mol. The third-order valence-corrected chi connectivity index (χ3v) is 5.81. The molecule has 0 aliphatic rings. The van der Waals surface area contributed by atoms with Crippen molar-refractivity contribution in [3.8, 4) is 0 Å². The van der Waals surface area contributed by atoms with Crippen LogP contribution in [0.3, 0.4) is 0 Å². The van der Waals surface area contributed by atoms with Gasteiger partial charge in [-0.2, -0.15) is 0 Å². The second kappa shape index (κ2) is 12.2. The van der Waals surface area contributed by atoms with Crippen LogP contribution < -0.4 is 1.66 Å². The van der Waals surface area contributed by atoms with E-state index in [2.05, 4.69) is 44.2 Å². The summed E-state index contributed by atoms with van der Waals surface area (Å²) in [5.41, 5.74) is 0. The van der Waals surface area contributed by atoms with E-state index in [1.165, 1.54) is 28.2 Å². The van der Waals surface area contributed by atoms with Crippen molar-refractivity contribution >= 4 is 43.3 Å². The van der Waals surface area contributed by atoms with Crippen molar-refractivity contribution in [3.05, 3.63) is 30.3 Å². The van der Waals surface area contributed by atoms with E-state index < -0.39 is 7.82 Å². The molecular weight excluding hydrogens is 303 g/mol. The Kier molecular flexibility index (Phi) is 12.5. The average Bonchev–Trinajstić information content (AvgIpc) is 2.32. The molecule has 0 aromatic heterocycles. The second-order valence-electron chi connectivity index (χ2n) is 5.35. The number of hydrogen-bond donors (Lipinski definition) is 3. The SMILES string of the molecule is CC(C)CCCC[CH2][Ca][c]1ccccc1.O=P(O)(O)O. The van der Waals surface area contributed by atoms with Crippen LogP contribution in [0.15, 0.2) is 30.3 Å². The van der Waals surface area contributed by atoms with Crippen molar-refractivity contribution in [1.29, 1.82) is 0 Å². The molecule has 1 aromatic rings. The molecule has 0 saturated carbocycles. The van der Waals surface area contributed by atoms with Gasteiger partial charge in [0.1, 0.15) is 0 Å². The van der Waals surface area contributed by atoms with E-state index >= 15 is 0 Å². The summed E-state index contributed by atoms with van der Waals surface area (Å²) in [5, 5.41) is 0. The quantitative estimate of drug-likeness (QED) is 0.408. The summed E-state index contributed by atoms with van der Waals surface area (Å²) in [6, 6.07) is 11.1. The van der Waals surface area contributed by atoms with E-state index in [1.807, 2.05) is 0 Å². The Morgan fingerprint density at radius 2 is 1.60 bits per heavy atom. The first kappa shape index (κ1) is 20.6. The third-order valence-electron chi connectivity index (χ3n) is 2.84. The van der Waals surface area contributed by atoms with Gasteiger partial charge in [-0.25, -0.2) is 4.57 Å². The molecule has 4 nitrogen and oxygen atoms in total. The molecule has 0 bridgehead atoms. The van der Waals surface area contributed by atoms with Crippen molar-refractivity contribution in [2.75, 3.05) is 0 Å². The fourth-order valence-corrected chi connectivity index (χ4v) is 4.41. The van der Waals surface area contributed by atoms with Crippen LogP contribution in [0.4, 0.5) is 0 Å². The molecule has 0 amide bonds. The zero-order chi connectivity index (χ0) is 15.4. The van der Waals surface area contributed by atoms with Gasteiger partial charge in [0.05, 0.1) is 0 Å². The molecule has 0 heterocycles. The van der Waals surface area contributed by atoms with Crippen molar-refractivity contribution < 1.29 is 19.2 Å². The molecule has 0 aliphatic heterocycles. The molecule has 0 saturated heterocycles. The van der Waals surface area contributed by atoms with Gasteiger partial charge in [0.15, 0.2) is 0 Å². The first-order chi connectivity index (χ1) is 9.29. The van der Waals surface area contributed by atoms with Gasteiger partial charge in [-0.05, 0) is 0 Å². The summed E-state index contributed by atoms with van der Waals surface area (Å²) in [6.45, 7) is 4.64. The van der Waals surface area contributed by atoms with Crippen LogP contribution in [0.2, 0.25) is 2.52 Å². The minimum absolute atomic E-state index is 0.383. The summed E-state index contributed by atoms with van der Waals surface area (Å²) in [7, 11) is -4.64. The molecule has 6 heteroatoms. The number of phosphoric acid groups is 1. The third kappa shape index (κ3) is 18.6. The molecule has 0 aliphatic carbocycles. The van der Waals surface area contributed by atoms with Crippen LogP contribution in [0, 0.1) is 5.92 Å². The molecule has 112 valence electrons. The monoisotopic (exact) mass is 328 g/mol. The molecule has 0 atom stereocenters. The van der Waals surface area contributed by atoms with E-state index in [-0.39, 0.29) is 33.8 Å². The van der Waals surface area contributed by atoms with Crippen LogP contribution in [0.25, 0.3) is 0 Å². The Hall–Kier alpha value is 0.590. The van der Waals surface area contributed by atoms with Gasteiger partial charge in [0.2, 0.25) is 0 Å². The van der Waals surface area contributed by atoms with Gasteiger partial charge < -0.3 is 14.7 Å². The summed E-state index contributed by atoms with van der Waals surface area (Å²) in [6.07, 6.45) is 5.78. The Balaban J connectivity index is 0.000000621. The smallest absolute Gasteiger partial charge is 0.303 e. The fraction of sp³-hybridized carbons (Fsp3) is 0.571. The van der Waals surface area contributed by atoms with Crippen LogP contribution in [0.1, 0.15) is 39.5 Å². The van der Waals surface area contributed by atoms with Gasteiger partial charge in [0.25, 0.3) is 0 Å². The van der Waals surface area contributed by atoms with Crippen molar-refractivity contribution in [1.82, 2.24) is 0 Å². The molecule has 3 N–H and O–H groups in total. The second-order valence-corrected chi connectivity index (χ2v) is 9.53. The molecule has 20 heavy (non-hydrogen) atoms. The Morgan fingerprint density at radius 3 is 2.10 bits per heavy atom. The van der Waals surface area contributed by atoms with Crippen molar-refractivity contribution in [2.45, 2.75) is 42.0 Å². The van der Waals surface area contributed by atoms with E-state index in [0.29, 0.717) is 0 Å². The standard InChI is InChI=1S/C8H17.C6H5.Ca.H3O4P/c1-4-5-6-7-8(2)3;1-2-4-6-5-3-1;;1-5(2,3)4/h8H,1,4-7H2,2-3H3;1-5H;;(H3,1,2,3,4). The van der Waals surface area contributed by atoms with Gasteiger partial charge in [0, 0.05) is 0 Å². The van der Waals surface area contributed by atoms with E-state index in [0.717, 1.165) is 5.92 Å². The maximum absolute atomic E-state index is 8.88. The minimum Gasteiger partial charge on any atom is -0.303 e. The van der Waals surface area contributed by atoms with Crippen LogP contribution in [-0.4, -0.2) is 48.5 Å². The molecule has 0 spiro atoms. The predicted octanol–water partition coefficient (Wildman–Crippen LogP) is 2.72. The maximum atomic E-state index is 8.88. The zero-order valence-electron chi connectivity index (χ0n) is 12.4. The van der Waals surface area contributed by atoms with E-state index in [9.17, 15) is 0 Å². The summed E-state index contributed by atoms with van der Waals surface area (Å²) < 4.78 is 12.1. The molecule has 1 aromatic carbocycles. The van der Waals surface area contributed by atoms with Crippen LogP contribution in [-0.2, 0) is 4.57 Å². The zero-order valence-corrected chi connectivity index (χ0v) is 15.5. The Morgan fingerprint density at radius 1 is 1.05 bits per heavy atom. The summed E-state index contributed by atoms with van der Waals surface area (Å²) >= 11 is -0.383. The van der Waals surface area contributed by atoms with Gasteiger partial charge >= 0.3 is 122 Å². The van der Waals surface area contributed by atoms with E-state index in [1.54, 1.807) is 1.66 Å². The molecule has 0 unspecified atom stereocenters. The fourth-order valence-electron chi connectivity index (χ4n) is 1.88. The number of benzene rings is 1. The molecule has 0 radical (unpaired) electrons. The number of rotatable bonds is 7. The van der Waals surface area contributed by atoms with Gasteiger partial charge in [-0.3, -0.25) is 0 Å². The molecule has 1 rings (SSSR count). The topological polar surface area (TPSA) is 77.8 Å². The normalized spacial score (nSPS) is 10.7. The molecule has 0 fully saturated rings. The number of hydrogen-bond acceptors (Lipinski definition) is 1. The first-order valence-corrected chi connectivity index (χ1v) is 11.3. The van der Waals surface area contributed by atoms with Crippen LogP contribution >= 0.6 is 7.82 Å². The summed E-state index contributed by atoms with van der Waals surface area (Å²) in [4.78, 5) is 21.6. The Bertz CT molecular complexity index is 370. The van der Waals surface area contributed by atoms with Gasteiger partial charge in [-0.1, -0.05) is 0 Å². The average molecular weight is 328 g/mol. The van der Waals surface area contributed by atoms with Crippen LogP contribution in [0.5, 0.6) is 0 Å². The van der Waals surface area contributed by atoms with E-state index in [4.69, 9.17) is 19.2 Å². The van der Waals surface area contributed by atoms with Gasteiger partial charge in [-0.15, -0.1) is 0 Å². The molecular formula is C14H25CaO4P.